The second-order valence-corrected chi connectivity index (χ2v) is 7.93. The summed E-state index contributed by atoms with van der Waals surface area (Å²) in [5, 5.41) is 15.7. The zero-order chi connectivity index (χ0) is 23.0. The number of H-pyrrole nitrogens is 1. The molecule has 7 nitrogen and oxygen atoms in total. The van der Waals surface area contributed by atoms with E-state index in [1.54, 1.807) is 7.11 Å². The van der Waals surface area contributed by atoms with Crippen LogP contribution in [0, 0.1) is 0 Å². The van der Waals surface area contributed by atoms with Crippen LogP contribution in [0.2, 0.25) is 0 Å². The largest absolute Gasteiger partial charge is 0.497 e. The molecule has 0 aliphatic rings. The lowest BCUT2D eigenvalue weighted by atomic mass is 10.0. The van der Waals surface area contributed by atoms with Crippen LogP contribution in [0.4, 0.5) is 4.79 Å². The molecule has 7 heteroatoms. The van der Waals surface area contributed by atoms with Crippen molar-refractivity contribution in [2.75, 3.05) is 13.7 Å². The summed E-state index contributed by atoms with van der Waals surface area (Å²) in [7, 11) is 1.63. The van der Waals surface area contributed by atoms with Crippen LogP contribution in [0.15, 0.2) is 78.9 Å². The van der Waals surface area contributed by atoms with Gasteiger partial charge in [-0.25, -0.2) is 9.78 Å². The van der Waals surface area contributed by atoms with Gasteiger partial charge < -0.3 is 25.5 Å². The van der Waals surface area contributed by atoms with E-state index in [1.165, 1.54) is 0 Å². The Balaban J connectivity index is 1.51. The maximum Gasteiger partial charge on any atom is 0.315 e. The molecule has 0 saturated carbocycles. The molecule has 0 aliphatic carbocycles. The van der Waals surface area contributed by atoms with E-state index in [-0.39, 0.29) is 18.7 Å². The highest BCUT2D eigenvalue weighted by atomic mass is 16.5. The number of fused-ring (bicyclic) bond motifs is 1. The minimum atomic E-state index is -0.398. The molecule has 0 aliphatic heterocycles. The number of nitrogens with zero attached hydrogens (tertiary/aromatic N) is 1. The van der Waals surface area contributed by atoms with E-state index in [2.05, 4.69) is 15.6 Å². The Kier molecular flexibility index (Phi) is 7.22. The first-order chi connectivity index (χ1) is 16.1. The van der Waals surface area contributed by atoms with Crippen LogP contribution in [0.1, 0.15) is 23.0 Å². The highest BCUT2D eigenvalue weighted by molar-refractivity contribution is 5.76. The number of para-hydroxylation sites is 2. The van der Waals surface area contributed by atoms with Crippen molar-refractivity contribution < 1.29 is 14.6 Å². The first kappa shape index (κ1) is 22.4. The van der Waals surface area contributed by atoms with Gasteiger partial charge in [0.25, 0.3) is 0 Å². The van der Waals surface area contributed by atoms with E-state index in [1.807, 2.05) is 78.9 Å². The fourth-order valence-electron chi connectivity index (χ4n) is 3.80. The van der Waals surface area contributed by atoms with Gasteiger partial charge in [0.05, 0.1) is 36.8 Å². The number of amides is 2. The summed E-state index contributed by atoms with van der Waals surface area (Å²) in [5.41, 5.74) is 3.83. The molecule has 170 valence electrons. The maximum atomic E-state index is 12.9. The zero-order valence-electron chi connectivity index (χ0n) is 18.5. The Morgan fingerprint density at radius 1 is 0.939 bits per heavy atom. The minimum Gasteiger partial charge on any atom is -0.497 e. The van der Waals surface area contributed by atoms with Crippen LogP contribution in [0.5, 0.6) is 5.75 Å². The van der Waals surface area contributed by atoms with E-state index in [4.69, 9.17) is 9.72 Å². The minimum absolute atomic E-state index is 0.157. The first-order valence-corrected chi connectivity index (χ1v) is 10.9. The maximum absolute atomic E-state index is 12.9. The van der Waals surface area contributed by atoms with Crippen molar-refractivity contribution in [2.24, 2.45) is 0 Å². The smallest absolute Gasteiger partial charge is 0.315 e. The number of hydrogen-bond acceptors (Lipinski definition) is 4. The second kappa shape index (κ2) is 10.7. The number of aliphatic hydroxyl groups excluding tert-OH is 1. The van der Waals surface area contributed by atoms with Gasteiger partial charge in [-0.2, -0.15) is 0 Å². The fraction of sp³-hybridized carbons (Fsp3) is 0.231. The number of benzene rings is 3. The molecule has 1 heterocycles. The quantitative estimate of drug-likeness (QED) is 0.316. The fourth-order valence-corrected chi connectivity index (χ4v) is 3.80. The Labute approximate surface area is 192 Å². The lowest BCUT2D eigenvalue weighted by molar-refractivity contribution is 0.212. The first-order valence-electron chi connectivity index (χ1n) is 10.9. The Morgan fingerprint density at radius 2 is 1.64 bits per heavy atom. The molecule has 33 heavy (non-hydrogen) atoms. The number of aromatic amines is 1. The number of imidazole rings is 1. The molecule has 0 unspecified atom stereocenters. The normalized spacial score (nSPS) is 12.8. The van der Waals surface area contributed by atoms with Crippen molar-refractivity contribution >= 4 is 17.1 Å². The van der Waals surface area contributed by atoms with Crippen molar-refractivity contribution in [3.05, 3.63) is 95.8 Å². The van der Waals surface area contributed by atoms with Crippen LogP contribution < -0.4 is 15.4 Å². The van der Waals surface area contributed by atoms with Crippen molar-refractivity contribution in [3.63, 3.8) is 0 Å². The molecule has 4 N–H and O–H groups in total. The highest BCUT2D eigenvalue weighted by Gasteiger charge is 2.21. The molecule has 0 spiro atoms. The molecular formula is C26H28N4O3. The number of carbonyl (C=O) groups excluding carboxylic acids is 1. The third kappa shape index (κ3) is 5.90. The topological polar surface area (TPSA) is 99.3 Å². The van der Waals surface area contributed by atoms with Crippen LogP contribution >= 0.6 is 0 Å². The van der Waals surface area contributed by atoms with Gasteiger partial charge >= 0.3 is 6.03 Å². The van der Waals surface area contributed by atoms with Gasteiger partial charge in [0.2, 0.25) is 0 Å². The van der Waals surface area contributed by atoms with E-state index in [9.17, 15) is 9.90 Å². The predicted molar refractivity (Wildman–Crippen MR) is 128 cm³/mol. The van der Waals surface area contributed by atoms with Gasteiger partial charge in [0.15, 0.2) is 0 Å². The number of carbonyl (C=O) groups is 1. The number of methoxy groups -OCH3 is 1. The summed E-state index contributed by atoms with van der Waals surface area (Å²) in [4.78, 5) is 20.9. The molecule has 0 saturated heterocycles. The van der Waals surface area contributed by atoms with Gasteiger partial charge in [-0.1, -0.05) is 54.6 Å². The summed E-state index contributed by atoms with van der Waals surface area (Å²) in [5.74, 6) is 1.45. The molecule has 3 aromatic carbocycles. The van der Waals surface area contributed by atoms with Gasteiger partial charge in [-0.05, 0) is 48.2 Å². The standard InChI is InChI=1S/C26H28N4O3/c1-33-21-13-11-19(12-14-21)16-24(25-28-22-9-5-6-10-23(22)29-25)30-26(32)27-20(17-31)15-18-7-3-2-4-8-18/h2-14,20,24,31H,15-17H2,1H3,(H,28,29)(H2,27,30,32)/t20-,24+/m0/s1. The van der Waals surface area contributed by atoms with Crippen molar-refractivity contribution in [1.29, 1.82) is 0 Å². The number of urea groups is 1. The van der Waals surface area contributed by atoms with Crippen molar-refractivity contribution in [2.45, 2.75) is 24.9 Å². The summed E-state index contributed by atoms with van der Waals surface area (Å²) in [6, 6.07) is 24.1. The third-order valence-corrected chi connectivity index (χ3v) is 5.52. The second-order valence-electron chi connectivity index (χ2n) is 7.93. The number of aromatic nitrogens is 2. The van der Waals surface area contributed by atoms with E-state index >= 15 is 0 Å². The Bertz CT molecular complexity index is 1140. The molecule has 0 bridgehead atoms. The number of aliphatic hydroxyl groups is 1. The number of hydrogen-bond donors (Lipinski definition) is 4. The molecule has 0 radical (unpaired) electrons. The molecule has 4 aromatic rings. The van der Waals surface area contributed by atoms with E-state index in [0.717, 1.165) is 27.9 Å². The Morgan fingerprint density at radius 3 is 2.33 bits per heavy atom. The average molecular weight is 445 g/mol. The summed E-state index contributed by atoms with van der Waals surface area (Å²) >= 11 is 0. The lowest BCUT2D eigenvalue weighted by Crippen LogP contribution is -2.46. The zero-order valence-corrected chi connectivity index (χ0v) is 18.5. The van der Waals surface area contributed by atoms with Gasteiger partial charge in [0, 0.05) is 0 Å². The van der Waals surface area contributed by atoms with Crippen LogP contribution in [-0.4, -0.2) is 40.9 Å². The van der Waals surface area contributed by atoms with E-state index in [0.29, 0.717) is 18.7 Å². The number of rotatable bonds is 9. The molecule has 1 aromatic heterocycles. The Hall–Kier alpha value is -3.84. The van der Waals surface area contributed by atoms with E-state index < -0.39 is 6.04 Å². The van der Waals surface area contributed by atoms with Crippen molar-refractivity contribution in [1.82, 2.24) is 20.6 Å². The average Bonchev–Trinajstić information content (AvgIpc) is 3.29. The van der Waals surface area contributed by atoms with Gasteiger partial charge in [0.1, 0.15) is 11.6 Å². The molecular weight excluding hydrogens is 416 g/mol. The van der Waals surface area contributed by atoms with Crippen LogP contribution in [-0.2, 0) is 12.8 Å². The molecule has 2 atom stereocenters. The molecule has 0 fully saturated rings. The number of nitrogens with one attached hydrogen (secondary N) is 3. The highest BCUT2D eigenvalue weighted by Crippen LogP contribution is 2.21. The summed E-state index contributed by atoms with van der Waals surface area (Å²) in [6.07, 6.45) is 1.08. The van der Waals surface area contributed by atoms with Gasteiger partial charge in [-0.3, -0.25) is 0 Å². The lowest BCUT2D eigenvalue weighted by Gasteiger charge is -2.21. The third-order valence-electron chi connectivity index (χ3n) is 5.52. The SMILES string of the molecule is COc1ccc(C[C@@H](NC(=O)N[C@H](CO)Cc2ccccc2)c2nc3ccccc3[nH]2)cc1. The van der Waals surface area contributed by atoms with Crippen LogP contribution in [0.25, 0.3) is 11.0 Å². The number of ether oxygens (including phenoxy) is 1. The van der Waals surface area contributed by atoms with Crippen molar-refractivity contribution in [3.8, 4) is 5.75 Å². The molecule has 4 rings (SSSR count). The molecule has 2 amide bonds. The summed E-state index contributed by atoms with van der Waals surface area (Å²) < 4.78 is 5.25. The predicted octanol–water partition coefficient (Wildman–Crippen LogP) is 3.76. The van der Waals surface area contributed by atoms with Gasteiger partial charge in [-0.15, -0.1) is 0 Å². The summed E-state index contributed by atoms with van der Waals surface area (Å²) in [6.45, 7) is -0.157. The monoisotopic (exact) mass is 444 g/mol. The van der Waals surface area contributed by atoms with Crippen LogP contribution in [0.3, 0.4) is 0 Å².